The SMILES string of the molecule is CCCCc1noc(CN(C)Cc2sccc2C)n1. The van der Waals surface area contributed by atoms with Crippen molar-refractivity contribution in [2.45, 2.75) is 46.2 Å². The number of rotatable bonds is 7. The van der Waals surface area contributed by atoms with Crippen molar-refractivity contribution in [2.24, 2.45) is 0 Å². The van der Waals surface area contributed by atoms with Gasteiger partial charge in [-0.2, -0.15) is 4.98 Å². The van der Waals surface area contributed by atoms with Gasteiger partial charge in [0.2, 0.25) is 5.89 Å². The van der Waals surface area contributed by atoms with Gasteiger partial charge in [0.05, 0.1) is 6.54 Å². The summed E-state index contributed by atoms with van der Waals surface area (Å²) < 4.78 is 5.28. The van der Waals surface area contributed by atoms with Gasteiger partial charge < -0.3 is 4.52 Å². The van der Waals surface area contributed by atoms with Crippen LogP contribution in [0.1, 0.15) is 41.9 Å². The third kappa shape index (κ3) is 4.14. The molecule has 0 aliphatic heterocycles. The van der Waals surface area contributed by atoms with Crippen LogP contribution in [0, 0.1) is 6.92 Å². The third-order valence-corrected chi connectivity index (χ3v) is 4.06. The normalized spacial score (nSPS) is 11.4. The smallest absolute Gasteiger partial charge is 0.240 e. The molecule has 0 spiro atoms. The predicted molar refractivity (Wildman–Crippen MR) is 77.1 cm³/mol. The van der Waals surface area contributed by atoms with Crippen LogP contribution in [0.25, 0.3) is 0 Å². The highest BCUT2D eigenvalue weighted by Gasteiger charge is 2.10. The van der Waals surface area contributed by atoms with E-state index in [1.807, 2.05) is 0 Å². The van der Waals surface area contributed by atoms with Crippen LogP contribution in [0.4, 0.5) is 0 Å². The van der Waals surface area contributed by atoms with Crippen LogP contribution in [0.5, 0.6) is 0 Å². The lowest BCUT2D eigenvalue weighted by Crippen LogP contribution is -2.17. The van der Waals surface area contributed by atoms with E-state index in [-0.39, 0.29) is 0 Å². The summed E-state index contributed by atoms with van der Waals surface area (Å²) in [5.41, 5.74) is 1.35. The molecular weight excluding hydrogens is 258 g/mol. The molecule has 5 heteroatoms. The molecule has 0 bridgehead atoms. The first-order chi connectivity index (χ1) is 9.19. The van der Waals surface area contributed by atoms with E-state index in [0.29, 0.717) is 12.4 Å². The molecule has 0 atom stereocenters. The summed E-state index contributed by atoms with van der Waals surface area (Å²) in [6.45, 7) is 5.94. The van der Waals surface area contributed by atoms with Gasteiger partial charge in [0, 0.05) is 17.8 Å². The van der Waals surface area contributed by atoms with Gasteiger partial charge in [-0.25, -0.2) is 0 Å². The van der Waals surface area contributed by atoms with Crippen molar-refractivity contribution in [3.05, 3.63) is 33.6 Å². The van der Waals surface area contributed by atoms with Crippen molar-refractivity contribution < 1.29 is 4.52 Å². The standard InChI is InChI=1S/C14H21N3OS/c1-4-5-6-13-15-14(18-16-13)10-17(3)9-12-11(2)7-8-19-12/h7-8H,4-6,9-10H2,1-3H3. The Morgan fingerprint density at radius 2 is 2.21 bits per heavy atom. The number of aromatic nitrogens is 2. The Hall–Kier alpha value is -1.20. The fourth-order valence-electron chi connectivity index (χ4n) is 1.89. The summed E-state index contributed by atoms with van der Waals surface area (Å²) in [6.07, 6.45) is 3.18. The van der Waals surface area contributed by atoms with Crippen LogP contribution < -0.4 is 0 Å². The van der Waals surface area contributed by atoms with Crippen LogP contribution in [-0.2, 0) is 19.5 Å². The molecule has 0 N–H and O–H groups in total. The monoisotopic (exact) mass is 279 g/mol. The van der Waals surface area contributed by atoms with Gasteiger partial charge in [0.1, 0.15) is 0 Å². The maximum Gasteiger partial charge on any atom is 0.240 e. The van der Waals surface area contributed by atoms with E-state index in [4.69, 9.17) is 4.52 Å². The molecule has 4 nitrogen and oxygen atoms in total. The lowest BCUT2D eigenvalue weighted by Gasteiger charge is -2.13. The highest BCUT2D eigenvalue weighted by Crippen LogP contribution is 2.18. The fourth-order valence-corrected chi connectivity index (χ4v) is 2.87. The van der Waals surface area contributed by atoms with Crippen molar-refractivity contribution in [3.63, 3.8) is 0 Å². The van der Waals surface area contributed by atoms with Crippen LogP contribution in [0.2, 0.25) is 0 Å². The number of aryl methyl sites for hydroxylation is 2. The summed E-state index contributed by atoms with van der Waals surface area (Å²) in [7, 11) is 2.08. The highest BCUT2D eigenvalue weighted by atomic mass is 32.1. The zero-order valence-electron chi connectivity index (χ0n) is 11.8. The molecule has 0 radical (unpaired) electrons. The van der Waals surface area contributed by atoms with Gasteiger partial charge in [-0.1, -0.05) is 18.5 Å². The average molecular weight is 279 g/mol. The molecule has 2 aromatic heterocycles. The van der Waals surface area contributed by atoms with E-state index in [9.17, 15) is 0 Å². The van der Waals surface area contributed by atoms with E-state index in [1.165, 1.54) is 10.4 Å². The second kappa shape index (κ2) is 6.82. The summed E-state index contributed by atoms with van der Waals surface area (Å²) in [5, 5.41) is 6.14. The van der Waals surface area contributed by atoms with Crippen LogP contribution in [0.15, 0.2) is 16.0 Å². The van der Waals surface area contributed by atoms with Crippen LogP contribution in [0.3, 0.4) is 0 Å². The Kier molecular flexibility index (Phi) is 5.10. The van der Waals surface area contributed by atoms with Gasteiger partial charge in [0.15, 0.2) is 5.82 Å². The van der Waals surface area contributed by atoms with Gasteiger partial charge in [-0.15, -0.1) is 11.3 Å². The van der Waals surface area contributed by atoms with E-state index in [1.54, 1.807) is 11.3 Å². The molecule has 2 rings (SSSR count). The number of hydrogen-bond donors (Lipinski definition) is 0. The summed E-state index contributed by atoms with van der Waals surface area (Å²) in [4.78, 5) is 8.02. The van der Waals surface area contributed by atoms with Gasteiger partial charge in [-0.3, -0.25) is 4.90 Å². The molecule has 0 fully saturated rings. The maximum absolute atomic E-state index is 5.28. The predicted octanol–water partition coefficient (Wildman–Crippen LogP) is 3.41. The largest absolute Gasteiger partial charge is 0.338 e. The molecule has 2 aromatic rings. The first-order valence-electron chi connectivity index (χ1n) is 6.72. The van der Waals surface area contributed by atoms with Crippen molar-refractivity contribution in [2.75, 3.05) is 7.05 Å². The minimum atomic E-state index is 0.705. The molecule has 104 valence electrons. The van der Waals surface area contributed by atoms with Crippen molar-refractivity contribution >= 4 is 11.3 Å². The average Bonchev–Trinajstić information content (AvgIpc) is 2.97. The van der Waals surface area contributed by atoms with Crippen molar-refractivity contribution in [1.82, 2.24) is 15.0 Å². The second-order valence-electron chi connectivity index (χ2n) is 4.91. The summed E-state index contributed by atoms with van der Waals surface area (Å²) in [5.74, 6) is 1.54. The zero-order valence-corrected chi connectivity index (χ0v) is 12.7. The molecule has 2 heterocycles. The van der Waals surface area contributed by atoms with E-state index in [0.717, 1.165) is 31.6 Å². The molecule has 19 heavy (non-hydrogen) atoms. The molecule has 0 amide bonds. The molecule has 0 aromatic carbocycles. The van der Waals surface area contributed by atoms with E-state index < -0.39 is 0 Å². The van der Waals surface area contributed by atoms with Gasteiger partial charge >= 0.3 is 0 Å². The molecule has 0 unspecified atom stereocenters. The van der Waals surface area contributed by atoms with Crippen molar-refractivity contribution in [1.29, 1.82) is 0 Å². The summed E-state index contributed by atoms with van der Waals surface area (Å²) >= 11 is 1.80. The Labute approximate surface area is 118 Å². The third-order valence-electron chi connectivity index (χ3n) is 3.05. The van der Waals surface area contributed by atoms with Gasteiger partial charge in [-0.05, 0) is 37.4 Å². The lowest BCUT2D eigenvalue weighted by atomic mass is 10.2. The number of hydrogen-bond acceptors (Lipinski definition) is 5. The Bertz CT molecular complexity index is 506. The number of thiophene rings is 1. The highest BCUT2D eigenvalue weighted by molar-refractivity contribution is 7.10. The molecule has 0 aliphatic carbocycles. The van der Waals surface area contributed by atoms with Crippen LogP contribution >= 0.6 is 11.3 Å². The first-order valence-corrected chi connectivity index (χ1v) is 7.60. The minimum Gasteiger partial charge on any atom is -0.338 e. The Morgan fingerprint density at radius 1 is 1.37 bits per heavy atom. The van der Waals surface area contributed by atoms with Crippen LogP contribution in [-0.4, -0.2) is 22.1 Å². The quantitative estimate of drug-likeness (QED) is 0.779. The molecule has 0 saturated carbocycles. The lowest BCUT2D eigenvalue weighted by molar-refractivity contribution is 0.261. The van der Waals surface area contributed by atoms with Gasteiger partial charge in [0.25, 0.3) is 0 Å². The molecular formula is C14H21N3OS. The topological polar surface area (TPSA) is 42.2 Å². The Balaban J connectivity index is 1.86. The molecule has 0 aliphatic rings. The fraction of sp³-hybridized carbons (Fsp3) is 0.571. The number of nitrogens with zero attached hydrogens (tertiary/aromatic N) is 3. The molecule has 0 saturated heterocycles. The van der Waals surface area contributed by atoms with E-state index in [2.05, 4.69) is 47.4 Å². The minimum absolute atomic E-state index is 0.705. The second-order valence-corrected chi connectivity index (χ2v) is 5.91. The summed E-state index contributed by atoms with van der Waals surface area (Å²) in [6, 6.07) is 2.16. The maximum atomic E-state index is 5.28. The van der Waals surface area contributed by atoms with E-state index >= 15 is 0 Å². The Morgan fingerprint density at radius 3 is 2.89 bits per heavy atom. The first kappa shape index (κ1) is 14.2. The van der Waals surface area contributed by atoms with Crippen molar-refractivity contribution in [3.8, 4) is 0 Å². The number of unbranched alkanes of at least 4 members (excludes halogenated alkanes) is 1. The zero-order chi connectivity index (χ0) is 13.7.